The molecule has 0 saturated carbocycles. The zero-order valence-electron chi connectivity index (χ0n) is 10.6. The highest BCUT2D eigenvalue weighted by Crippen LogP contribution is 2.39. The molecule has 0 unspecified atom stereocenters. The lowest BCUT2D eigenvalue weighted by molar-refractivity contribution is -0.138. The molecule has 0 spiro atoms. The lowest BCUT2D eigenvalue weighted by Gasteiger charge is -2.16. The zero-order valence-corrected chi connectivity index (χ0v) is 10.6. The van der Waals surface area contributed by atoms with Gasteiger partial charge in [0.1, 0.15) is 5.82 Å². The van der Waals surface area contributed by atoms with Crippen molar-refractivity contribution in [2.75, 3.05) is 0 Å². The molecule has 0 aliphatic rings. The van der Waals surface area contributed by atoms with Gasteiger partial charge in [0, 0.05) is 0 Å². The quantitative estimate of drug-likeness (QED) is 0.865. The van der Waals surface area contributed by atoms with Gasteiger partial charge in [0.2, 0.25) is 0 Å². The molecule has 0 heterocycles. The van der Waals surface area contributed by atoms with Gasteiger partial charge in [-0.25, -0.2) is 4.39 Å². The number of carboxylic acids is 1. The highest BCUT2D eigenvalue weighted by molar-refractivity contribution is 5.78. The van der Waals surface area contributed by atoms with E-state index in [0.717, 1.165) is 24.3 Å². The summed E-state index contributed by atoms with van der Waals surface area (Å²) in [4.78, 5) is 10.8. The van der Waals surface area contributed by atoms with Gasteiger partial charge in [-0.15, -0.1) is 0 Å². The summed E-state index contributed by atoms with van der Waals surface area (Å²) < 4.78 is 52.6. The Morgan fingerprint density at radius 2 is 1.76 bits per heavy atom. The van der Waals surface area contributed by atoms with Crippen LogP contribution in [0.25, 0.3) is 11.1 Å². The van der Waals surface area contributed by atoms with Crippen molar-refractivity contribution in [1.29, 1.82) is 0 Å². The van der Waals surface area contributed by atoms with Crippen LogP contribution < -0.4 is 0 Å². The van der Waals surface area contributed by atoms with Gasteiger partial charge in [0.05, 0.1) is 12.0 Å². The highest BCUT2D eigenvalue weighted by Gasteiger charge is 2.34. The van der Waals surface area contributed by atoms with Crippen LogP contribution in [0.2, 0.25) is 0 Å². The standard InChI is InChI=1S/C15H10F4O2/c16-11-5-1-3-9(7-11)14-10(8-13(20)21)4-2-6-12(14)15(17,18)19/h1-7H,8H2,(H,20,21). The van der Waals surface area contributed by atoms with Crippen molar-refractivity contribution < 1.29 is 27.5 Å². The van der Waals surface area contributed by atoms with Crippen LogP contribution in [-0.2, 0) is 17.4 Å². The molecule has 2 aromatic carbocycles. The van der Waals surface area contributed by atoms with Crippen molar-refractivity contribution in [2.24, 2.45) is 0 Å². The van der Waals surface area contributed by atoms with E-state index >= 15 is 0 Å². The predicted octanol–water partition coefficient (Wildman–Crippen LogP) is 4.14. The van der Waals surface area contributed by atoms with E-state index in [1.807, 2.05) is 0 Å². The van der Waals surface area contributed by atoms with Crippen molar-refractivity contribution >= 4 is 5.97 Å². The van der Waals surface area contributed by atoms with Gasteiger partial charge in [0.15, 0.2) is 0 Å². The molecular weight excluding hydrogens is 288 g/mol. The summed E-state index contributed by atoms with van der Waals surface area (Å²) in [6.07, 6.45) is -5.23. The molecule has 0 atom stereocenters. The Morgan fingerprint density at radius 1 is 1.10 bits per heavy atom. The van der Waals surface area contributed by atoms with Crippen LogP contribution in [0, 0.1) is 5.82 Å². The first-order valence-corrected chi connectivity index (χ1v) is 5.96. The van der Waals surface area contributed by atoms with E-state index in [1.54, 1.807) is 0 Å². The number of hydrogen-bond acceptors (Lipinski definition) is 1. The lowest BCUT2D eigenvalue weighted by atomic mass is 9.92. The number of benzene rings is 2. The number of aliphatic carboxylic acids is 1. The van der Waals surface area contributed by atoms with Crippen molar-refractivity contribution in [3.8, 4) is 11.1 Å². The fraction of sp³-hybridized carbons (Fsp3) is 0.133. The van der Waals surface area contributed by atoms with E-state index in [9.17, 15) is 22.4 Å². The lowest BCUT2D eigenvalue weighted by Crippen LogP contribution is -2.11. The summed E-state index contributed by atoms with van der Waals surface area (Å²) in [6, 6.07) is 7.95. The average molecular weight is 298 g/mol. The third kappa shape index (κ3) is 3.39. The van der Waals surface area contributed by atoms with E-state index in [-0.39, 0.29) is 16.7 Å². The van der Waals surface area contributed by atoms with Gasteiger partial charge in [-0.2, -0.15) is 13.2 Å². The Kier molecular flexibility index (Phi) is 3.97. The number of carboxylic acid groups (broad SMARTS) is 1. The summed E-state index contributed by atoms with van der Waals surface area (Å²) >= 11 is 0. The minimum absolute atomic E-state index is 0.000764. The molecule has 2 nitrogen and oxygen atoms in total. The number of rotatable bonds is 3. The Hall–Kier alpha value is -2.37. The molecule has 6 heteroatoms. The van der Waals surface area contributed by atoms with E-state index < -0.39 is 29.9 Å². The van der Waals surface area contributed by atoms with Crippen LogP contribution in [0.15, 0.2) is 42.5 Å². The number of carbonyl (C=O) groups is 1. The fourth-order valence-corrected chi connectivity index (χ4v) is 2.13. The number of hydrogen-bond donors (Lipinski definition) is 1. The topological polar surface area (TPSA) is 37.3 Å². The van der Waals surface area contributed by atoms with Crippen LogP contribution in [0.4, 0.5) is 17.6 Å². The Morgan fingerprint density at radius 3 is 2.33 bits per heavy atom. The van der Waals surface area contributed by atoms with Crippen LogP contribution >= 0.6 is 0 Å². The second kappa shape index (κ2) is 5.55. The van der Waals surface area contributed by atoms with Gasteiger partial charge in [-0.05, 0) is 34.9 Å². The molecule has 0 radical (unpaired) electrons. The maximum Gasteiger partial charge on any atom is 0.417 e. The van der Waals surface area contributed by atoms with E-state index in [0.29, 0.717) is 0 Å². The first-order chi connectivity index (χ1) is 9.79. The molecule has 2 aromatic rings. The number of alkyl halides is 3. The van der Waals surface area contributed by atoms with Gasteiger partial charge >= 0.3 is 12.1 Å². The first-order valence-electron chi connectivity index (χ1n) is 5.96. The average Bonchev–Trinajstić information content (AvgIpc) is 2.36. The van der Waals surface area contributed by atoms with E-state index in [2.05, 4.69) is 0 Å². The SMILES string of the molecule is O=C(O)Cc1cccc(C(F)(F)F)c1-c1cccc(F)c1. The normalized spacial score (nSPS) is 11.4. The molecule has 110 valence electrons. The molecule has 0 bridgehead atoms. The summed E-state index contributed by atoms with van der Waals surface area (Å²) in [5.41, 5.74) is -1.29. The molecule has 0 amide bonds. The van der Waals surface area contributed by atoms with Crippen LogP contribution in [-0.4, -0.2) is 11.1 Å². The maximum absolute atomic E-state index is 13.3. The summed E-state index contributed by atoms with van der Waals surface area (Å²) in [7, 11) is 0. The van der Waals surface area contributed by atoms with Crippen LogP contribution in [0.3, 0.4) is 0 Å². The molecule has 1 N–H and O–H groups in total. The van der Waals surface area contributed by atoms with Crippen molar-refractivity contribution in [3.05, 3.63) is 59.4 Å². The van der Waals surface area contributed by atoms with Gasteiger partial charge in [0.25, 0.3) is 0 Å². The van der Waals surface area contributed by atoms with Crippen molar-refractivity contribution in [3.63, 3.8) is 0 Å². The van der Waals surface area contributed by atoms with Gasteiger partial charge in [-0.1, -0.05) is 24.3 Å². The molecule has 0 fully saturated rings. The second-order valence-corrected chi connectivity index (χ2v) is 4.42. The van der Waals surface area contributed by atoms with E-state index in [1.165, 1.54) is 18.2 Å². The van der Waals surface area contributed by atoms with Crippen LogP contribution in [0.5, 0.6) is 0 Å². The van der Waals surface area contributed by atoms with Crippen molar-refractivity contribution in [1.82, 2.24) is 0 Å². The van der Waals surface area contributed by atoms with Gasteiger partial charge < -0.3 is 5.11 Å². The third-order valence-corrected chi connectivity index (χ3v) is 2.91. The Labute approximate surface area is 117 Å². The molecule has 21 heavy (non-hydrogen) atoms. The second-order valence-electron chi connectivity index (χ2n) is 4.42. The zero-order chi connectivity index (χ0) is 15.6. The maximum atomic E-state index is 13.3. The molecule has 0 aliphatic carbocycles. The Balaban J connectivity index is 2.72. The van der Waals surface area contributed by atoms with Crippen molar-refractivity contribution in [2.45, 2.75) is 12.6 Å². The first kappa shape index (κ1) is 15.0. The predicted molar refractivity (Wildman–Crippen MR) is 68.2 cm³/mol. The minimum Gasteiger partial charge on any atom is -0.481 e. The summed E-state index contributed by atoms with van der Waals surface area (Å²) in [6.45, 7) is 0. The fourth-order valence-electron chi connectivity index (χ4n) is 2.13. The Bertz CT molecular complexity index is 678. The molecule has 2 rings (SSSR count). The monoisotopic (exact) mass is 298 g/mol. The molecule has 0 saturated heterocycles. The molecule has 0 aromatic heterocycles. The summed E-state index contributed by atoms with van der Waals surface area (Å²) in [5, 5.41) is 8.83. The largest absolute Gasteiger partial charge is 0.481 e. The van der Waals surface area contributed by atoms with Crippen LogP contribution in [0.1, 0.15) is 11.1 Å². The summed E-state index contributed by atoms with van der Waals surface area (Å²) in [5.74, 6) is -1.95. The molecular formula is C15H10F4O2. The highest BCUT2D eigenvalue weighted by atomic mass is 19.4. The van der Waals surface area contributed by atoms with Gasteiger partial charge in [-0.3, -0.25) is 4.79 Å². The minimum atomic E-state index is -4.66. The third-order valence-electron chi connectivity index (χ3n) is 2.91. The number of halogens is 4. The van der Waals surface area contributed by atoms with E-state index in [4.69, 9.17) is 5.11 Å². The smallest absolute Gasteiger partial charge is 0.417 e. The molecule has 0 aliphatic heterocycles.